The Morgan fingerprint density at radius 2 is 2.32 bits per heavy atom. The van der Waals surface area contributed by atoms with E-state index in [-0.39, 0.29) is 6.04 Å². The van der Waals surface area contributed by atoms with Crippen molar-refractivity contribution in [2.75, 3.05) is 30.3 Å². The second-order valence-electron chi connectivity index (χ2n) is 4.95. The lowest BCUT2D eigenvalue weighted by Gasteiger charge is -2.30. The molecular weight excluding hydrogens is 260 g/mol. The third-order valence-electron chi connectivity index (χ3n) is 3.37. The molecule has 108 valence electrons. The molecule has 2 heterocycles. The summed E-state index contributed by atoms with van der Waals surface area (Å²) >= 11 is 2.04. The van der Waals surface area contributed by atoms with Crippen molar-refractivity contribution in [1.29, 1.82) is 0 Å². The Hall–Kier alpha value is -0.750. The predicted octanol–water partition coefficient (Wildman–Crippen LogP) is 2.46. The van der Waals surface area contributed by atoms with E-state index < -0.39 is 0 Å². The first-order chi connectivity index (χ1) is 9.24. The van der Waals surface area contributed by atoms with Gasteiger partial charge in [-0.3, -0.25) is 0 Å². The minimum absolute atomic E-state index is 0.127. The first kappa shape index (κ1) is 14.7. The van der Waals surface area contributed by atoms with Gasteiger partial charge in [0.15, 0.2) is 0 Å². The monoisotopic (exact) mass is 284 g/mol. The van der Waals surface area contributed by atoms with Gasteiger partial charge < -0.3 is 14.6 Å². The molecular formula is C13H24N4OS. The van der Waals surface area contributed by atoms with Gasteiger partial charge in [-0.25, -0.2) is 0 Å². The molecule has 2 atom stereocenters. The van der Waals surface area contributed by atoms with Gasteiger partial charge >= 0.3 is 6.01 Å². The molecule has 0 aliphatic carbocycles. The number of nitrogens with one attached hydrogen (secondary N) is 1. The molecule has 1 aliphatic rings. The van der Waals surface area contributed by atoms with Gasteiger partial charge in [0.25, 0.3) is 0 Å². The zero-order chi connectivity index (χ0) is 13.7. The van der Waals surface area contributed by atoms with Crippen molar-refractivity contribution < 1.29 is 4.42 Å². The topological polar surface area (TPSA) is 54.2 Å². The number of aromatic nitrogens is 2. The summed E-state index contributed by atoms with van der Waals surface area (Å²) in [5.74, 6) is 1.83. The lowest BCUT2D eigenvalue weighted by Crippen LogP contribution is -2.37. The van der Waals surface area contributed by atoms with Crippen LogP contribution in [-0.4, -0.2) is 40.8 Å². The van der Waals surface area contributed by atoms with E-state index in [1.165, 1.54) is 6.42 Å². The largest absolute Gasteiger partial charge is 0.406 e. The van der Waals surface area contributed by atoms with Crippen molar-refractivity contribution in [3.05, 3.63) is 5.89 Å². The fraction of sp³-hybridized carbons (Fsp3) is 0.846. The molecule has 2 rings (SSSR count). The molecule has 0 radical (unpaired) electrons. The van der Waals surface area contributed by atoms with Gasteiger partial charge in [-0.15, -0.1) is 5.10 Å². The van der Waals surface area contributed by atoms with Gasteiger partial charge in [0.2, 0.25) is 5.89 Å². The van der Waals surface area contributed by atoms with E-state index in [2.05, 4.69) is 41.2 Å². The van der Waals surface area contributed by atoms with Gasteiger partial charge in [0.05, 0.1) is 6.04 Å². The molecule has 0 aromatic carbocycles. The lowest BCUT2D eigenvalue weighted by molar-refractivity contribution is 0.413. The molecule has 2 unspecified atom stereocenters. The van der Waals surface area contributed by atoms with Gasteiger partial charge in [0, 0.05) is 24.1 Å². The summed E-state index contributed by atoms with van der Waals surface area (Å²) in [6.45, 7) is 9.43. The van der Waals surface area contributed by atoms with Crippen LogP contribution in [0.1, 0.15) is 45.5 Å². The fourth-order valence-electron chi connectivity index (χ4n) is 2.12. The zero-order valence-corrected chi connectivity index (χ0v) is 12.9. The molecule has 1 aliphatic heterocycles. The number of hydrogen-bond donors (Lipinski definition) is 1. The van der Waals surface area contributed by atoms with Gasteiger partial charge in [-0.1, -0.05) is 18.9 Å². The van der Waals surface area contributed by atoms with Crippen LogP contribution in [0.3, 0.4) is 0 Å². The average molecular weight is 284 g/mol. The van der Waals surface area contributed by atoms with E-state index in [1.54, 1.807) is 0 Å². The van der Waals surface area contributed by atoms with E-state index >= 15 is 0 Å². The summed E-state index contributed by atoms with van der Waals surface area (Å²) in [6, 6.07) is 0.807. The minimum atomic E-state index is 0.127. The van der Waals surface area contributed by atoms with E-state index in [1.807, 2.05) is 11.8 Å². The number of rotatable bonds is 6. The molecule has 0 spiro atoms. The molecule has 1 aromatic heterocycles. The summed E-state index contributed by atoms with van der Waals surface area (Å²) in [6.07, 6.45) is 2.30. The minimum Gasteiger partial charge on any atom is -0.406 e. The van der Waals surface area contributed by atoms with Crippen molar-refractivity contribution in [2.24, 2.45) is 0 Å². The molecule has 19 heavy (non-hydrogen) atoms. The highest BCUT2D eigenvalue weighted by Gasteiger charge is 2.24. The molecule has 1 N–H and O–H groups in total. The van der Waals surface area contributed by atoms with Crippen LogP contribution in [0.25, 0.3) is 0 Å². The predicted molar refractivity (Wildman–Crippen MR) is 79.8 cm³/mol. The highest BCUT2D eigenvalue weighted by atomic mass is 32.2. The Bertz CT molecular complexity index is 384. The van der Waals surface area contributed by atoms with E-state index in [0.29, 0.717) is 17.2 Å². The van der Waals surface area contributed by atoms with Crippen LogP contribution in [0.4, 0.5) is 6.01 Å². The summed E-state index contributed by atoms with van der Waals surface area (Å²) in [7, 11) is 0. The van der Waals surface area contributed by atoms with Crippen LogP contribution in [0.5, 0.6) is 0 Å². The van der Waals surface area contributed by atoms with Crippen molar-refractivity contribution in [3.63, 3.8) is 0 Å². The standard InChI is InChI=1S/C13H24N4OS/c1-4-6-14-10(3)12-15-16-13(18-12)17-7-8-19-11(5-2)9-17/h10-11,14H,4-9H2,1-3H3. The van der Waals surface area contributed by atoms with E-state index in [4.69, 9.17) is 4.42 Å². The third kappa shape index (κ3) is 3.86. The van der Waals surface area contributed by atoms with Gasteiger partial charge in [0.1, 0.15) is 0 Å². The fourth-order valence-corrected chi connectivity index (χ4v) is 3.30. The van der Waals surface area contributed by atoms with Crippen LogP contribution >= 0.6 is 11.8 Å². The Morgan fingerprint density at radius 3 is 3.05 bits per heavy atom. The Morgan fingerprint density at radius 1 is 1.47 bits per heavy atom. The van der Waals surface area contributed by atoms with E-state index in [0.717, 1.165) is 31.8 Å². The number of anilines is 1. The molecule has 1 aromatic rings. The summed E-state index contributed by atoms with van der Waals surface area (Å²) in [5.41, 5.74) is 0. The number of hydrogen-bond acceptors (Lipinski definition) is 6. The maximum absolute atomic E-state index is 5.81. The highest BCUT2D eigenvalue weighted by molar-refractivity contribution is 8.00. The number of nitrogens with zero attached hydrogens (tertiary/aromatic N) is 3. The van der Waals surface area contributed by atoms with Crippen LogP contribution < -0.4 is 10.2 Å². The summed E-state index contributed by atoms with van der Waals surface area (Å²) < 4.78 is 5.81. The maximum atomic E-state index is 5.81. The van der Waals surface area contributed by atoms with Crippen LogP contribution in [0.2, 0.25) is 0 Å². The first-order valence-electron chi connectivity index (χ1n) is 7.17. The van der Waals surface area contributed by atoms with Crippen molar-refractivity contribution in [2.45, 2.75) is 44.9 Å². The smallest absolute Gasteiger partial charge is 0.318 e. The highest BCUT2D eigenvalue weighted by Crippen LogP contribution is 2.25. The lowest BCUT2D eigenvalue weighted by atomic mass is 10.3. The molecule has 1 fully saturated rings. The average Bonchev–Trinajstić information content (AvgIpc) is 2.94. The zero-order valence-electron chi connectivity index (χ0n) is 12.1. The number of thioether (sulfide) groups is 1. The quantitative estimate of drug-likeness (QED) is 0.866. The molecule has 0 amide bonds. The first-order valence-corrected chi connectivity index (χ1v) is 8.22. The summed E-state index contributed by atoms with van der Waals surface area (Å²) in [4.78, 5) is 2.22. The van der Waals surface area contributed by atoms with Crippen molar-refractivity contribution >= 4 is 17.8 Å². The molecule has 1 saturated heterocycles. The molecule has 6 heteroatoms. The summed E-state index contributed by atoms with van der Waals surface area (Å²) in [5, 5.41) is 12.4. The van der Waals surface area contributed by atoms with E-state index in [9.17, 15) is 0 Å². The second-order valence-corrected chi connectivity index (χ2v) is 6.35. The third-order valence-corrected chi connectivity index (χ3v) is 4.74. The van der Waals surface area contributed by atoms with Crippen LogP contribution in [-0.2, 0) is 0 Å². The second kappa shape index (κ2) is 7.14. The Kier molecular flexibility index (Phi) is 5.51. The van der Waals surface area contributed by atoms with Crippen molar-refractivity contribution in [1.82, 2.24) is 15.5 Å². The van der Waals surface area contributed by atoms with Gasteiger partial charge in [-0.05, 0) is 26.3 Å². The van der Waals surface area contributed by atoms with Crippen molar-refractivity contribution in [3.8, 4) is 0 Å². The van der Waals surface area contributed by atoms with Crippen LogP contribution in [0.15, 0.2) is 4.42 Å². The SMILES string of the molecule is CCCNC(C)c1nnc(N2CCSC(CC)C2)o1. The Labute approximate surface area is 119 Å². The van der Waals surface area contributed by atoms with Gasteiger partial charge in [-0.2, -0.15) is 11.8 Å². The molecule has 0 bridgehead atoms. The normalized spacial score (nSPS) is 21.6. The molecule has 0 saturated carbocycles. The maximum Gasteiger partial charge on any atom is 0.318 e. The Balaban J connectivity index is 1.96. The van der Waals surface area contributed by atoms with Crippen LogP contribution in [0, 0.1) is 0 Å². The molecule has 5 nitrogen and oxygen atoms in total.